The van der Waals surface area contributed by atoms with Crippen molar-refractivity contribution in [2.24, 2.45) is 0 Å². The van der Waals surface area contributed by atoms with Crippen molar-refractivity contribution in [3.8, 4) is 0 Å². The molecular formula is C26H28N2O2. The van der Waals surface area contributed by atoms with Gasteiger partial charge in [0.05, 0.1) is 6.42 Å². The molecule has 0 fully saturated rings. The quantitative estimate of drug-likeness (QED) is 0.575. The summed E-state index contributed by atoms with van der Waals surface area (Å²) >= 11 is 0. The van der Waals surface area contributed by atoms with Crippen molar-refractivity contribution in [1.82, 2.24) is 0 Å². The van der Waals surface area contributed by atoms with Gasteiger partial charge in [-0.05, 0) is 59.4 Å². The molecule has 0 aliphatic rings. The maximum atomic E-state index is 12.6. The summed E-state index contributed by atoms with van der Waals surface area (Å²) in [6.45, 7) is 8.41. The Labute approximate surface area is 178 Å². The van der Waals surface area contributed by atoms with Gasteiger partial charge in [0.1, 0.15) is 0 Å². The smallest absolute Gasteiger partial charge is 0.255 e. The molecule has 0 spiro atoms. The number of benzene rings is 3. The van der Waals surface area contributed by atoms with Crippen LogP contribution >= 0.6 is 0 Å². The van der Waals surface area contributed by atoms with Gasteiger partial charge in [0.2, 0.25) is 5.91 Å². The summed E-state index contributed by atoms with van der Waals surface area (Å²) in [5.41, 5.74) is 5.18. The number of hydrogen-bond donors (Lipinski definition) is 2. The summed E-state index contributed by atoms with van der Waals surface area (Å²) in [6, 6.07) is 22.7. The van der Waals surface area contributed by atoms with Crippen LogP contribution in [0.4, 0.5) is 11.4 Å². The van der Waals surface area contributed by atoms with Crippen LogP contribution in [-0.4, -0.2) is 11.8 Å². The molecule has 4 heteroatoms. The van der Waals surface area contributed by atoms with Crippen LogP contribution in [0.1, 0.15) is 47.8 Å². The van der Waals surface area contributed by atoms with Gasteiger partial charge in [0.25, 0.3) is 5.91 Å². The molecule has 0 unspecified atom stereocenters. The summed E-state index contributed by atoms with van der Waals surface area (Å²) in [4.78, 5) is 25.0. The van der Waals surface area contributed by atoms with E-state index in [1.54, 1.807) is 12.1 Å². The fourth-order valence-electron chi connectivity index (χ4n) is 3.19. The highest BCUT2D eigenvalue weighted by atomic mass is 16.2. The highest BCUT2D eigenvalue weighted by Crippen LogP contribution is 2.23. The van der Waals surface area contributed by atoms with Crippen LogP contribution < -0.4 is 10.6 Å². The third kappa shape index (κ3) is 5.57. The van der Waals surface area contributed by atoms with Crippen LogP contribution in [0.15, 0.2) is 72.8 Å². The molecule has 0 aliphatic heterocycles. The summed E-state index contributed by atoms with van der Waals surface area (Å²) in [6.07, 6.45) is 0.309. The van der Waals surface area contributed by atoms with E-state index in [0.717, 1.165) is 11.1 Å². The first-order valence-corrected chi connectivity index (χ1v) is 10.1. The Hall–Kier alpha value is -3.40. The summed E-state index contributed by atoms with van der Waals surface area (Å²) < 4.78 is 0. The van der Waals surface area contributed by atoms with Crippen LogP contribution in [0.25, 0.3) is 0 Å². The minimum Gasteiger partial charge on any atom is -0.326 e. The lowest BCUT2D eigenvalue weighted by Crippen LogP contribution is -2.16. The largest absolute Gasteiger partial charge is 0.326 e. The van der Waals surface area contributed by atoms with E-state index in [-0.39, 0.29) is 17.2 Å². The molecule has 154 valence electrons. The first-order valence-electron chi connectivity index (χ1n) is 10.1. The maximum Gasteiger partial charge on any atom is 0.255 e. The van der Waals surface area contributed by atoms with Crippen molar-refractivity contribution in [2.75, 3.05) is 10.6 Å². The van der Waals surface area contributed by atoms with E-state index in [1.165, 1.54) is 5.56 Å². The zero-order valence-corrected chi connectivity index (χ0v) is 18.0. The molecule has 0 heterocycles. The molecule has 0 aliphatic carbocycles. The lowest BCUT2D eigenvalue weighted by Gasteiger charge is -2.19. The summed E-state index contributed by atoms with van der Waals surface area (Å²) in [7, 11) is 0. The molecule has 0 saturated heterocycles. The molecule has 3 aromatic rings. The molecular weight excluding hydrogens is 372 g/mol. The molecule has 3 aromatic carbocycles. The SMILES string of the molecule is Cc1ccccc1CC(=O)Nc1cccc(NC(=O)c2ccc(C(C)(C)C)cc2)c1. The van der Waals surface area contributed by atoms with Gasteiger partial charge in [-0.1, -0.05) is 63.2 Å². The molecule has 2 N–H and O–H groups in total. The van der Waals surface area contributed by atoms with E-state index in [9.17, 15) is 9.59 Å². The average Bonchev–Trinajstić information content (AvgIpc) is 2.69. The van der Waals surface area contributed by atoms with E-state index in [2.05, 4.69) is 31.4 Å². The molecule has 30 heavy (non-hydrogen) atoms. The van der Waals surface area contributed by atoms with E-state index in [4.69, 9.17) is 0 Å². The highest BCUT2D eigenvalue weighted by Gasteiger charge is 2.14. The third-order valence-electron chi connectivity index (χ3n) is 5.03. The van der Waals surface area contributed by atoms with Crippen molar-refractivity contribution in [3.63, 3.8) is 0 Å². The minimum absolute atomic E-state index is 0.0415. The second kappa shape index (κ2) is 8.95. The normalized spacial score (nSPS) is 11.1. The number of rotatable bonds is 5. The number of carbonyl (C=O) groups is 2. The van der Waals surface area contributed by atoms with Gasteiger partial charge in [-0.25, -0.2) is 0 Å². The molecule has 0 aromatic heterocycles. The maximum absolute atomic E-state index is 12.6. The number of carbonyl (C=O) groups excluding carboxylic acids is 2. The van der Waals surface area contributed by atoms with Crippen molar-refractivity contribution in [1.29, 1.82) is 0 Å². The van der Waals surface area contributed by atoms with Gasteiger partial charge in [-0.15, -0.1) is 0 Å². The van der Waals surface area contributed by atoms with Crippen molar-refractivity contribution in [3.05, 3.63) is 95.1 Å². The van der Waals surface area contributed by atoms with Crippen molar-refractivity contribution < 1.29 is 9.59 Å². The zero-order chi connectivity index (χ0) is 21.7. The Morgan fingerprint density at radius 2 is 1.43 bits per heavy atom. The van der Waals surface area contributed by atoms with Crippen LogP contribution in [0, 0.1) is 6.92 Å². The standard InChI is InChI=1S/C26H28N2O2/c1-18-8-5-6-9-20(18)16-24(29)27-22-10-7-11-23(17-22)28-25(30)19-12-14-21(15-13-19)26(2,3)4/h5-15,17H,16H2,1-4H3,(H,27,29)(H,28,30). The van der Waals surface area contributed by atoms with Crippen LogP contribution in [0.5, 0.6) is 0 Å². The minimum atomic E-state index is -0.182. The molecule has 0 bridgehead atoms. The lowest BCUT2D eigenvalue weighted by molar-refractivity contribution is -0.115. The molecule has 3 rings (SSSR count). The Morgan fingerprint density at radius 1 is 0.800 bits per heavy atom. The lowest BCUT2D eigenvalue weighted by atomic mass is 9.87. The zero-order valence-electron chi connectivity index (χ0n) is 18.0. The van der Waals surface area contributed by atoms with E-state index in [1.807, 2.05) is 67.6 Å². The molecule has 0 saturated carbocycles. The Morgan fingerprint density at radius 3 is 2.07 bits per heavy atom. The second-order valence-corrected chi connectivity index (χ2v) is 8.51. The van der Waals surface area contributed by atoms with E-state index >= 15 is 0 Å². The van der Waals surface area contributed by atoms with Crippen molar-refractivity contribution in [2.45, 2.75) is 39.5 Å². The van der Waals surface area contributed by atoms with Gasteiger partial charge in [0.15, 0.2) is 0 Å². The molecule has 4 nitrogen and oxygen atoms in total. The third-order valence-corrected chi connectivity index (χ3v) is 5.03. The van der Waals surface area contributed by atoms with E-state index in [0.29, 0.717) is 23.4 Å². The molecule has 0 atom stereocenters. The number of nitrogens with one attached hydrogen (secondary N) is 2. The monoisotopic (exact) mass is 400 g/mol. The fraction of sp³-hybridized carbons (Fsp3) is 0.231. The predicted octanol–water partition coefficient (Wildman–Crippen LogP) is 5.73. The van der Waals surface area contributed by atoms with Crippen LogP contribution in [-0.2, 0) is 16.6 Å². The number of anilines is 2. The number of hydrogen-bond acceptors (Lipinski definition) is 2. The molecule has 0 radical (unpaired) electrons. The number of amides is 2. The van der Waals surface area contributed by atoms with Gasteiger partial charge in [0, 0.05) is 16.9 Å². The van der Waals surface area contributed by atoms with Gasteiger partial charge >= 0.3 is 0 Å². The average molecular weight is 401 g/mol. The van der Waals surface area contributed by atoms with Gasteiger partial charge < -0.3 is 10.6 Å². The van der Waals surface area contributed by atoms with Gasteiger partial charge in [-0.2, -0.15) is 0 Å². The summed E-state index contributed by atoms with van der Waals surface area (Å²) in [5, 5.41) is 5.80. The Balaban J connectivity index is 1.64. The predicted molar refractivity (Wildman–Crippen MR) is 123 cm³/mol. The topological polar surface area (TPSA) is 58.2 Å². The second-order valence-electron chi connectivity index (χ2n) is 8.51. The Kier molecular flexibility index (Phi) is 6.36. The van der Waals surface area contributed by atoms with Crippen LogP contribution in [0.2, 0.25) is 0 Å². The van der Waals surface area contributed by atoms with Crippen LogP contribution in [0.3, 0.4) is 0 Å². The van der Waals surface area contributed by atoms with Crippen molar-refractivity contribution >= 4 is 23.2 Å². The number of aryl methyl sites for hydroxylation is 1. The first kappa shape index (κ1) is 21.3. The highest BCUT2D eigenvalue weighted by molar-refractivity contribution is 6.04. The molecule has 2 amide bonds. The Bertz CT molecular complexity index is 1050. The first-order chi connectivity index (χ1) is 14.2. The summed E-state index contributed by atoms with van der Waals surface area (Å²) in [5.74, 6) is -0.274. The van der Waals surface area contributed by atoms with Gasteiger partial charge in [-0.3, -0.25) is 9.59 Å². The fourth-order valence-corrected chi connectivity index (χ4v) is 3.19. The van der Waals surface area contributed by atoms with E-state index < -0.39 is 0 Å².